The Morgan fingerprint density at radius 1 is 1.00 bits per heavy atom. The van der Waals surface area contributed by atoms with Crippen LogP contribution in [0.1, 0.15) is 5.56 Å². The quantitative estimate of drug-likeness (QED) is 0.686. The van der Waals surface area contributed by atoms with Gasteiger partial charge in [-0.25, -0.2) is 15.0 Å². The fraction of sp³-hybridized carbons (Fsp3) is 0. The van der Waals surface area contributed by atoms with E-state index in [4.69, 9.17) is 0 Å². The van der Waals surface area contributed by atoms with E-state index in [0.29, 0.717) is 5.82 Å². The first-order valence-electron chi connectivity index (χ1n) is 5.89. The molecule has 4 rings (SSSR count). The minimum Gasteiger partial charge on any atom is -0.305 e. The van der Waals surface area contributed by atoms with Gasteiger partial charge in [0.25, 0.3) is 0 Å². The van der Waals surface area contributed by atoms with Gasteiger partial charge in [-0.3, -0.25) is 9.99 Å². The highest BCUT2D eigenvalue weighted by Crippen LogP contribution is 2.30. The first-order valence-corrected chi connectivity index (χ1v) is 5.89. The highest BCUT2D eigenvalue weighted by molar-refractivity contribution is 5.77. The van der Waals surface area contributed by atoms with Crippen molar-refractivity contribution in [2.45, 2.75) is 0 Å². The van der Waals surface area contributed by atoms with Crippen molar-refractivity contribution in [1.29, 1.82) is 0 Å². The van der Waals surface area contributed by atoms with E-state index in [2.05, 4.69) is 37.9 Å². The number of nitrogens with one attached hydrogen (secondary N) is 2. The summed E-state index contributed by atoms with van der Waals surface area (Å²) >= 11 is 0. The minimum absolute atomic E-state index is 0.634. The SMILES string of the molecule is C1=C(c2ccccc2)n2cnc3ncnc-3c2NN1. The molecule has 6 heteroatoms. The highest BCUT2D eigenvalue weighted by atomic mass is 15.4. The maximum atomic E-state index is 4.31. The average molecular weight is 250 g/mol. The molecule has 0 radical (unpaired) electrons. The lowest BCUT2D eigenvalue weighted by Gasteiger charge is -2.23. The van der Waals surface area contributed by atoms with Crippen LogP contribution in [0, 0.1) is 0 Å². The van der Waals surface area contributed by atoms with Crippen LogP contribution in [0.2, 0.25) is 0 Å². The van der Waals surface area contributed by atoms with E-state index in [1.807, 2.05) is 29.0 Å². The highest BCUT2D eigenvalue weighted by Gasteiger charge is 2.20. The third-order valence-electron chi connectivity index (χ3n) is 3.07. The number of aromatic nitrogens is 4. The van der Waals surface area contributed by atoms with Crippen molar-refractivity contribution >= 4 is 11.5 Å². The summed E-state index contributed by atoms with van der Waals surface area (Å²) in [4.78, 5) is 12.6. The van der Waals surface area contributed by atoms with Crippen LogP contribution in [0.25, 0.3) is 17.2 Å². The molecule has 0 unspecified atom stereocenters. The lowest BCUT2D eigenvalue weighted by Crippen LogP contribution is -2.26. The number of imidazole rings is 1. The van der Waals surface area contributed by atoms with Gasteiger partial charge in [0.2, 0.25) is 0 Å². The van der Waals surface area contributed by atoms with Crippen LogP contribution in [-0.2, 0) is 0 Å². The summed E-state index contributed by atoms with van der Waals surface area (Å²) in [5, 5.41) is 0. The number of nitrogens with zero attached hydrogens (tertiary/aromatic N) is 4. The van der Waals surface area contributed by atoms with Crippen molar-refractivity contribution in [2.75, 3.05) is 5.43 Å². The predicted octanol–water partition coefficient (Wildman–Crippen LogP) is 1.55. The van der Waals surface area contributed by atoms with Crippen LogP contribution in [0.15, 0.2) is 49.2 Å². The van der Waals surface area contributed by atoms with Crippen molar-refractivity contribution in [3.63, 3.8) is 0 Å². The lowest BCUT2D eigenvalue weighted by atomic mass is 10.1. The van der Waals surface area contributed by atoms with Crippen molar-refractivity contribution in [2.24, 2.45) is 0 Å². The third-order valence-corrected chi connectivity index (χ3v) is 3.07. The minimum atomic E-state index is 0.634. The molecule has 3 aliphatic heterocycles. The lowest BCUT2D eigenvalue weighted by molar-refractivity contribution is 0.895. The Kier molecular flexibility index (Phi) is 2.02. The standard InChI is InChI=1S/C13H10N6/c1-2-4-9(5-3-1)10-6-17-18-13-11-12(15-7-14-11)16-8-19(10)13/h1-8,17-18H. The van der Waals surface area contributed by atoms with Crippen LogP contribution >= 0.6 is 0 Å². The fourth-order valence-electron chi connectivity index (χ4n) is 2.18. The molecular formula is C13H10N6. The summed E-state index contributed by atoms with van der Waals surface area (Å²) in [6.45, 7) is 0. The summed E-state index contributed by atoms with van der Waals surface area (Å²) in [6.07, 6.45) is 5.16. The normalized spacial score (nSPS) is 13.4. The van der Waals surface area contributed by atoms with Gasteiger partial charge < -0.3 is 5.43 Å². The molecule has 3 aliphatic rings. The van der Waals surface area contributed by atoms with E-state index >= 15 is 0 Å². The first kappa shape index (κ1) is 10.1. The van der Waals surface area contributed by atoms with Crippen molar-refractivity contribution in [3.8, 4) is 11.5 Å². The van der Waals surface area contributed by atoms with Crippen molar-refractivity contribution in [3.05, 3.63) is 54.7 Å². The van der Waals surface area contributed by atoms with Gasteiger partial charge in [0.1, 0.15) is 12.7 Å². The Balaban J connectivity index is 1.94. The molecule has 0 saturated carbocycles. The maximum Gasteiger partial charge on any atom is 0.185 e. The molecule has 0 atom stereocenters. The fourth-order valence-corrected chi connectivity index (χ4v) is 2.18. The zero-order valence-corrected chi connectivity index (χ0v) is 9.91. The Bertz CT molecular complexity index is 730. The smallest absolute Gasteiger partial charge is 0.185 e. The number of hydrogen-bond donors (Lipinski definition) is 2. The molecule has 92 valence electrons. The molecule has 0 spiro atoms. The second kappa shape index (κ2) is 3.81. The molecule has 0 amide bonds. The third kappa shape index (κ3) is 1.46. The van der Waals surface area contributed by atoms with Gasteiger partial charge in [-0.05, 0) is 0 Å². The van der Waals surface area contributed by atoms with Crippen LogP contribution in [0.5, 0.6) is 0 Å². The van der Waals surface area contributed by atoms with E-state index in [0.717, 1.165) is 22.8 Å². The van der Waals surface area contributed by atoms with E-state index in [9.17, 15) is 0 Å². The molecular weight excluding hydrogens is 240 g/mol. The zero-order chi connectivity index (χ0) is 12.7. The van der Waals surface area contributed by atoms with E-state index in [-0.39, 0.29) is 0 Å². The second-order valence-electron chi connectivity index (χ2n) is 4.17. The van der Waals surface area contributed by atoms with E-state index < -0.39 is 0 Å². The Labute approximate surface area is 109 Å². The molecule has 3 heterocycles. The van der Waals surface area contributed by atoms with Crippen molar-refractivity contribution < 1.29 is 0 Å². The summed E-state index contributed by atoms with van der Waals surface area (Å²) < 4.78 is 1.96. The van der Waals surface area contributed by atoms with Gasteiger partial charge in [-0.1, -0.05) is 30.3 Å². The average Bonchev–Trinajstić information content (AvgIpc) is 2.96. The number of benzene rings is 1. The second-order valence-corrected chi connectivity index (χ2v) is 4.17. The van der Waals surface area contributed by atoms with E-state index in [1.165, 1.54) is 6.33 Å². The summed E-state index contributed by atoms with van der Waals surface area (Å²) in [6, 6.07) is 10.1. The number of anilines is 1. The van der Waals surface area contributed by atoms with Crippen molar-refractivity contribution in [1.82, 2.24) is 24.9 Å². The van der Waals surface area contributed by atoms with Crippen LogP contribution in [0.3, 0.4) is 0 Å². The zero-order valence-electron chi connectivity index (χ0n) is 9.91. The number of hydrazine groups is 1. The summed E-state index contributed by atoms with van der Waals surface area (Å²) in [7, 11) is 0. The summed E-state index contributed by atoms with van der Waals surface area (Å²) in [5.74, 6) is 1.47. The molecule has 1 aromatic rings. The molecule has 0 fully saturated rings. The van der Waals surface area contributed by atoms with Gasteiger partial charge in [0, 0.05) is 11.8 Å². The number of fused-ring (bicyclic) bond motifs is 3. The van der Waals surface area contributed by atoms with Gasteiger partial charge in [0.05, 0.1) is 5.70 Å². The number of rotatable bonds is 1. The van der Waals surface area contributed by atoms with Gasteiger partial charge in [-0.2, -0.15) is 0 Å². The largest absolute Gasteiger partial charge is 0.305 e. The van der Waals surface area contributed by atoms with E-state index in [1.54, 1.807) is 6.33 Å². The van der Waals surface area contributed by atoms with Gasteiger partial charge in [0.15, 0.2) is 17.3 Å². The van der Waals surface area contributed by atoms with Crippen LogP contribution < -0.4 is 10.9 Å². The maximum absolute atomic E-state index is 4.31. The number of hydrogen-bond acceptors (Lipinski definition) is 5. The predicted molar refractivity (Wildman–Crippen MR) is 71.0 cm³/mol. The molecule has 0 aliphatic carbocycles. The molecule has 19 heavy (non-hydrogen) atoms. The molecule has 1 aromatic carbocycles. The van der Waals surface area contributed by atoms with Crippen LogP contribution in [0.4, 0.5) is 5.82 Å². The molecule has 2 N–H and O–H groups in total. The van der Waals surface area contributed by atoms with Gasteiger partial charge in [-0.15, -0.1) is 0 Å². The Morgan fingerprint density at radius 2 is 1.89 bits per heavy atom. The molecule has 0 bridgehead atoms. The Morgan fingerprint density at radius 3 is 2.79 bits per heavy atom. The topological polar surface area (TPSA) is 67.7 Å². The van der Waals surface area contributed by atoms with Gasteiger partial charge >= 0.3 is 0 Å². The summed E-state index contributed by atoms with van der Waals surface area (Å²) in [5.41, 5.74) is 8.98. The van der Waals surface area contributed by atoms with Crippen LogP contribution in [-0.4, -0.2) is 19.5 Å². The first-order chi connectivity index (χ1) is 9.43. The molecule has 0 saturated heterocycles. The monoisotopic (exact) mass is 250 g/mol. The molecule has 6 nitrogen and oxygen atoms in total. The Hall–Kier alpha value is -2.89. The molecule has 0 aromatic heterocycles.